The van der Waals surface area contributed by atoms with Crippen molar-refractivity contribution in [1.29, 1.82) is 0 Å². The van der Waals surface area contributed by atoms with Crippen molar-refractivity contribution in [1.82, 2.24) is 4.90 Å². The molecule has 2 atom stereocenters. The minimum Gasteiger partial charge on any atom is -0.467 e. The van der Waals surface area contributed by atoms with Crippen LogP contribution in [0.2, 0.25) is 0 Å². The number of alkyl halides is 3. The summed E-state index contributed by atoms with van der Waals surface area (Å²) in [5, 5.41) is 0. The third-order valence-electron chi connectivity index (χ3n) is 3.15. The molecule has 0 radical (unpaired) electrons. The quantitative estimate of drug-likeness (QED) is 0.876. The molecular formula is C13H19F3N2O2. The minimum atomic E-state index is -4.47. The van der Waals surface area contributed by atoms with Crippen molar-refractivity contribution >= 4 is 5.91 Å². The van der Waals surface area contributed by atoms with Crippen LogP contribution < -0.4 is 5.73 Å². The number of amides is 1. The Labute approximate surface area is 115 Å². The predicted molar refractivity (Wildman–Crippen MR) is 67.6 cm³/mol. The van der Waals surface area contributed by atoms with E-state index in [9.17, 15) is 18.0 Å². The fourth-order valence-corrected chi connectivity index (χ4v) is 1.73. The number of halogens is 3. The molecule has 1 rings (SSSR count). The van der Waals surface area contributed by atoms with E-state index in [1.54, 1.807) is 13.0 Å². The average Bonchev–Trinajstić information content (AvgIpc) is 2.86. The van der Waals surface area contributed by atoms with E-state index in [0.717, 1.165) is 0 Å². The fraction of sp³-hybridized carbons (Fsp3) is 0.615. The second kappa shape index (κ2) is 6.78. The van der Waals surface area contributed by atoms with Crippen LogP contribution in [-0.2, 0) is 11.3 Å². The topological polar surface area (TPSA) is 59.5 Å². The SMILES string of the molecule is CCC(C)[C@H](N)C(=O)N(Cc1ccco1)CC(F)(F)F. The summed E-state index contributed by atoms with van der Waals surface area (Å²) in [6.07, 6.45) is -2.51. The van der Waals surface area contributed by atoms with Crippen LogP contribution in [0.15, 0.2) is 22.8 Å². The summed E-state index contributed by atoms with van der Waals surface area (Å²) in [6.45, 7) is 1.99. The molecule has 114 valence electrons. The van der Waals surface area contributed by atoms with Gasteiger partial charge >= 0.3 is 6.18 Å². The molecule has 0 saturated carbocycles. The van der Waals surface area contributed by atoms with Crippen molar-refractivity contribution in [3.05, 3.63) is 24.2 Å². The van der Waals surface area contributed by atoms with Crippen molar-refractivity contribution in [3.63, 3.8) is 0 Å². The Bertz CT molecular complexity index is 418. The summed E-state index contributed by atoms with van der Waals surface area (Å²) in [5.74, 6) is -0.609. The van der Waals surface area contributed by atoms with E-state index in [-0.39, 0.29) is 12.5 Å². The van der Waals surface area contributed by atoms with Crippen LogP contribution in [0.4, 0.5) is 13.2 Å². The standard InChI is InChI=1S/C13H19F3N2O2/c1-3-9(2)11(17)12(19)18(8-13(14,15)16)7-10-5-4-6-20-10/h4-6,9,11H,3,7-8,17H2,1-2H3/t9?,11-/m0/s1. The Hall–Kier alpha value is -1.50. The number of hydrogen-bond acceptors (Lipinski definition) is 3. The number of nitrogens with zero attached hydrogens (tertiary/aromatic N) is 1. The summed E-state index contributed by atoms with van der Waals surface area (Å²) >= 11 is 0. The molecule has 1 heterocycles. The van der Waals surface area contributed by atoms with Gasteiger partial charge in [-0.1, -0.05) is 20.3 Å². The van der Waals surface area contributed by atoms with Gasteiger partial charge in [0.2, 0.25) is 5.91 Å². The molecule has 0 aromatic carbocycles. The van der Waals surface area contributed by atoms with Gasteiger partial charge in [0.25, 0.3) is 0 Å². The molecule has 1 aromatic rings. The lowest BCUT2D eigenvalue weighted by molar-refractivity contribution is -0.164. The number of carbonyl (C=O) groups excluding carboxylic acids is 1. The summed E-state index contributed by atoms with van der Waals surface area (Å²) in [4.78, 5) is 12.8. The highest BCUT2D eigenvalue weighted by Crippen LogP contribution is 2.20. The number of furan rings is 1. The molecule has 2 N–H and O–H groups in total. The van der Waals surface area contributed by atoms with Gasteiger partial charge in [0.15, 0.2) is 0 Å². The molecule has 1 aromatic heterocycles. The van der Waals surface area contributed by atoms with E-state index in [4.69, 9.17) is 10.2 Å². The maximum Gasteiger partial charge on any atom is 0.406 e. The molecule has 1 unspecified atom stereocenters. The number of hydrogen-bond donors (Lipinski definition) is 1. The Balaban J connectivity index is 2.83. The zero-order chi connectivity index (χ0) is 15.3. The monoisotopic (exact) mass is 292 g/mol. The van der Waals surface area contributed by atoms with Gasteiger partial charge in [-0.05, 0) is 18.1 Å². The smallest absolute Gasteiger partial charge is 0.406 e. The van der Waals surface area contributed by atoms with E-state index in [2.05, 4.69) is 0 Å². The lowest BCUT2D eigenvalue weighted by Gasteiger charge is -2.28. The van der Waals surface area contributed by atoms with Crippen LogP contribution in [0.3, 0.4) is 0 Å². The Morgan fingerprint density at radius 3 is 2.60 bits per heavy atom. The fourth-order valence-electron chi connectivity index (χ4n) is 1.73. The van der Waals surface area contributed by atoms with Gasteiger partial charge in [0, 0.05) is 0 Å². The van der Waals surface area contributed by atoms with Crippen LogP contribution >= 0.6 is 0 Å². The lowest BCUT2D eigenvalue weighted by atomic mass is 9.99. The predicted octanol–water partition coefficient (Wildman–Crippen LogP) is 2.54. The molecule has 0 saturated heterocycles. The Morgan fingerprint density at radius 1 is 1.50 bits per heavy atom. The van der Waals surface area contributed by atoms with Crippen molar-refractivity contribution in [2.75, 3.05) is 6.54 Å². The van der Waals surface area contributed by atoms with Gasteiger partial charge in [-0.15, -0.1) is 0 Å². The van der Waals surface area contributed by atoms with Gasteiger partial charge in [0.1, 0.15) is 12.3 Å². The van der Waals surface area contributed by atoms with E-state index in [1.165, 1.54) is 12.3 Å². The molecule has 7 heteroatoms. The first-order valence-corrected chi connectivity index (χ1v) is 6.38. The van der Waals surface area contributed by atoms with Crippen LogP contribution in [0.5, 0.6) is 0 Å². The highest BCUT2D eigenvalue weighted by atomic mass is 19.4. The molecule has 0 aliphatic heterocycles. The third kappa shape index (κ3) is 4.88. The van der Waals surface area contributed by atoms with E-state index >= 15 is 0 Å². The Morgan fingerprint density at radius 2 is 2.15 bits per heavy atom. The third-order valence-corrected chi connectivity index (χ3v) is 3.15. The van der Waals surface area contributed by atoms with Gasteiger partial charge < -0.3 is 15.1 Å². The van der Waals surface area contributed by atoms with E-state index in [1.807, 2.05) is 6.92 Å². The van der Waals surface area contributed by atoms with Crippen LogP contribution in [0.1, 0.15) is 26.0 Å². The second-order valence-electron chi connectivity index (χ2n) is 4.80. The van der Waals surface area contributed by atoms with Crippen molar-refractivity contribution in [2.24, 2.45) is 11.7 Å². The van der Waals surface area contributed by atoms with E-state index in [0.29, 0.717) is 17.1 Å². The molecule has 0 spiro atoms. The zero-order valence-corrected chi connectivity index (χ0v) is 11.5. The van der Waals surface area contributed by atoms with E-state index < -0.39 is 24.7 Å². The first-order valence-electron chi connectivity index (χ1n) is 6.38. The van der Waals surface area contributed by atoms with Gasteiger partial charge in [-0.25, -0.2) is 0 Å². The van der Waals surface area contributed by atoms with Crippen molar-refractivity contribution in [3.8, 4) is 0 Å². The lowest BCUT2D eigenvalue weighted by Crippen LogP contribution is -2.49. The average molecular weight is 292 g/mol. The maximum atomic E-state index is 12.6. The first-order chi connectivity index (χ1) is 9.24. The summed E-state index contributed by atoms with van der Waals surface area (Å²) in [7, 11) is 0. The van der Waals surface area contributed by atoms with Crippen molar-refractivity contribution < 1.29 is 22.4 Å². The number of carbonyl (C=O) groups is 1. The molecule has 0 fully saturated rings. The Kier molecular flexibility index (Phi) is 5.62. The maximum absolute atomic E-state index is 12.6. The molecule has 0 bridgehead atoms. The normalized spacial score (nSPS) is 14.9. The molecule has 20 heavy (non-hydrogen) atoms. The van der Waals surface area contributed by atoms with Crippen LogP contribution in [0, 0.1) is 5.92 Å². The van der Waals surface area contributed by atoms with Gasteiger partial charge in [-0.2, -0.15) is 13.2 Å². The van der Waals surface area contributed by atoms with Crippen molar-refractivity contribution in [2.45, 2.75) is 39.0 Å². The summed E-state index contributed by atoms with van der Waals surface area (Å²) < 4.78 is 42.7. The first kappa shape index (κ1) is 16.6. The number of rotatable bonds is 6. The van der Waals surface area contributed by atoms with Crippen LogP contribution in [-0.4, -0.2) is 29.6 Å². The van der Waals surface area contributed by atoms with Gasteiger partial charge in [0.05, 0.1) is 18.8 Å². The molecule has 4 nitrogen and oxygen atoms in total. The van der Waals surface area contributed by atoms with Crippen LogP contribution in [0.25, 0.3) is 0 Å². The highest BCUT2D eigenvalue weighted by Gasteiger charge is 2.35. The largest absolute Gasteiger partial charge is 0.467 e. The summed E-state index contributed by atoms with van der Waals surface area (Å²) in [5.41, 5.74) is 5.73. The molecular weight excluding hydrogens is 273 g/mol. The summed E-state index contributed by atoms with van der Waals surface area (Å²) in [6, 6.07) is 2.13. The minimum absolute atomic E-state index is 0.185. The second-order valence-corrected chi connectivity index (χ2v) is 4.80. The zero-order valence-electron chi connectivity index (χ0n) is 11.5. The number of nitrogens with two attached hydrogens (primary N) is 1. The van der Waals surface area contributed by atoms with Gasteiger partial charge in [-0.3, -0.25) is 4.79 Å². The highest BCUT2D eigenvalue weighted by molar-refractivity contribution is 5.82. The molecule has 0 aliphatic carbocycles. The molecule has 1 amide bonds. The molecule has 0 aliphatic rings.